The molecule has 0 radical (unpaired) electrons. The number of hydrogen-bond acceptors (Lipinski definition) is 7. The molecule has 1 aromatic heterocycles. The summed E-state index contributed by atoms with van der Waals surface area (Å²) in [5.74, 6) is -0.0633. The summed E-state index contributed by atoms with van der Waals surface area (Å²) >= 11 is 0. The van der Waals surface area contributed by atoms with Crippen LogP contribution in [-0.4, -0.2) is 35.6 Å². The Labute approximate surface area is 177 Å². The highest BCUT2D eigenvalue weighted by Gasteiger charge is 2.33. The molecule has 0 aliphatic carbocycles. The van der Waals surface area contributed by atoms with Crippen molar-refractivity contribution in [1.29, 1.82) is 0 Å². The molecule has 0 saturated heterocycles. The molecular weight excluding hydrogens is 424 g/mol. The molecule has 2 heterocycles. The third-order valence-electron chi connectivity index (χ3n) is 4.75. The maximum atomic E-state index is 12.8. The number of sulfone groups is 1. The lowest BCUT2D eigenvalue weighted by Crippen LogP contribution is -2.17. The van der Waals surface area contributed by atoms with Gasteiger partial charge in [-0.15, -0.1) is 0 Å². The Morgan fingerprint density at radius 1 is 1.16 bits per heavy atom. The van der Waals surface area contributed by atoms with Gasteiger partial charge in [0.1, 0.15) is 11.6 Å². The van der Waals surface area contributed by atoms with Gasteiger partial charge in [0.05, 0.1) is 34.4 Å². The molecular formula is C20H18N4O6S. The van der Waals surface area contributed by atoms with Crippen molar-refractivity contribution in [3.05, 3.63) is 75.5 Å². The van der Waals surface area contributed by atoms with E-state index in [1.165, 1.54) is 28.9 Å². The Morgan fingerprint density at radius 3 is 2.45 bits per heavy atom. The zero-order valence-electron chi connectivity index (χ0n) is 16.4. The summed E-state index contributed by atoms with van der Waals surface area (Å²) in [4.78, 5) is 23.2. The van der Waals surface area contributed by atoms with Crippen LogP contribution in [0.5, 0.6) is 5.75 Å². The number of aromatic nitrogens is 2. The van der Waals surface area contributed by atoms with Crippen LogP contribution in [0.15, 0.2) is 48.5 Å². The van der Waals surface area contributed by atoms with Gasteiger partial charge in [0.25, 0.3) is 11.6 Å². The molecule has 0 saturated carbocycles. The Balaban J connectivity index is 1.70. The number of hydrogen-bond donors (Lipinski definition) is 1. The second kappa shape index (κ2) is 7.84. The molecule has 31 heavy (non-hydrogen) atoms. The van der Waals surface area contributed by atoms with E-state index in [0.717, 1.165) is 0 Å². The molecule has 1 aliphatic rings. The number of carbonyl (C=O) groups is 1. The minimum absolute atomic E-state index is 0.0917. The second-order valence-electron chi connectivity index (χ2n) is 6.90. The van der Waals surface area contributed by atoms with Crippen molar-refractivity contribution in [1.82, 2.24) is 9.78 Å². The van der Waals surface area contributed by atoms with Gasteiger partial charge in [0, 0.05) is 23.3 Å². The third-order valence-corrected chi connectivity index (χ3v) is 6.19. The predicted octanol–water partition coefficient (Wildman–Crippen LogP) is 2.86. The highest BCUT2D eigenvalue weighted by atomic mass is 32.2. The van der Waals surface area contributed by atoms with Gasteiger partial charge in [-0.25, -0.2) is 13.1 Å². The smallest absolute Gasteiger partial charge is 0.269 e. The lowest BCUT2D eigenvalue weighted by molar-refractivity contribution is -0.384. The van der Waals surface area contributed by atoms with Crippen molar-refractivity contribution in [2.45, 2.75) is 18.4 Å². The first kappa shape index (κ1) is 20.5. The summed E-state index contributed by atoms with van der Waals surface area (Å²) in [7, 11) is -3.35. The highest BCUT2D eigenvalue weighted by molar-refractivity contribution is 7.90. The highest BCUT2D eigenvalue weighted by Crippen LogP contribution is 2.33. The van der Waals surface area contributed by atoms with Gasteiger partial charge in [-0.1, -0.05) is 0 Å². The molecule has 3 aromatic rings. The van der Waals surface area contributed by atoms with E-state index < -0.39 is 20.7 Å². The minimum atomic E-state index is -3.35. The monoisotopic (exact) mass is 442 g/mol. The van der Waals surface area contributed by atoms with Crippen molar-refractivity contribution in [2.24, 2.45) is 0 Å². The Bertz CT molecular complexity index is 1260. The largest absolute Gasteiger partial charge is 0.494 e. The number of carbonyl (C=O) groups excluding carboxylic acids is 1. The van der Waals surface area contributed by atoms with E-state index in [4.69, 9.17) is 4.74 Å². The maximum absolute atomic E-state index is 12.8. The molecule has 0 bridgehead atoms. The topological polar surface area (TPSA) is 133 Å². The van der Waals surface area contributed by atoms with Crippen molar-refractivity contribution >= 4 is 27.2 Å². The Hall–Kier alpha value is -3.73. The summed E-state index contributed by atoms with van der Waals surface area (Å²) in [6.07, 6.45) is 0. The fraction of sp³-hybridized carbons (Fsp3) is 0.200. The second-order valence-corrected chi connectivity index (χ2v) is 8.97. The molecule has 4 rings (SSSR count). The van der Waals surface area contributed by atoms with E-state index in [2.05, 4.69) is 10.4 Å². The number of non-ortho nitro benzene ring substituents is 1. The Kier molecular flexibility index (Phi) is 5.19. The molecule has 1 N–H and O–H groups in total. The van der Waals surface area contributed by atoms with E-state index in [0.29, 0.717) is 34.9 Å². The van der Waals surface area contributed by atoms with Crippen LogP contribution in [0.4, 0.5) is 11.5 Å². The van der Waals surface area contributed by atoms with Gasteiger partial charge in [-0.05, 0) is 43.3 Å². The molecule has 1 amide bonds. The summed E-state index contributed by atoms with van der Waals surface area (Å²) in [5.41, 5.74) is 1.48. The normalized spacial score (nSPS) is 14.1. The lowest BCUT2D eigenvalue weighted by atomic mass is 10.2. The average Bonchev–Trinajstić information content (AvgIpc) is 3.21. The molecule has 1 aliphatic heterocycles. The number of amides is 1. The maximum Gasteiger partial charge on any atom is 0.269 e. The van der Waals surface area contributed by atoms with Crippen LogP contribution in [0, 0.1) is 10.1 Å². The number of nitrogens with zero attached hydrogens (tertiary/aromatic N) is 3. The van der Waals surface area contributed by atoms with Crippen molar-refractivity contribution in [3.8, 4) is 11.4 Å². The first-order chi connectivity index (χ1) is 14.8. The first-order valence-corrected chi connectivity index (χ1v) is 11.2. The fourth-order valence-electron chi connectivity index (χ4n) is 3.32. The molecule has 160 valence electrons. The molecule has 0 spiro atoms. The quantitative estimate of drug-likeness (QED) is 0.458. The van der Waals surface area contributed by atoms with Crippen molar-refractivity contribution in [3.63, 3.8) is 0 Å². The molecule has 0 unspecified atom stereocenters. The molecule has 2 aromatic carbocycles. The number of nitrogens with one attached hydrogen (secondary N) is 1. The van der Waals surface area contributed by atoms with Gasteiger partial charge in [-0.2, -0.15) is 5.10 Å². The lowest BCUT2D eigenvalue weighted by Gasteiger charge is -2.11. The fourth-order valence-corrected chi connectivity index (χ4v) is 4.82. The van der Waals surface area contributed by atoms with Crippen molar-refractivity contribution < 1.29 is 22.9 Å². The number of ether oxygens (including phenoxy) is 1. The van der Waals surface area contributed by atoms with Gasteiger partial charge >= 0.3 is 0 Å². The summed E-state index contributed by atoms with van der Waals surface area (Å²) in [5, 5.41) is 18.0. The number of fused-ring (bicyclic) bond motifs is 1. The molecule has 0 atom stereocenters. The van der Waals surface area contributed by atoms with Gasteiger partial charge in [-0.3, -0.25) is 14.9 Å². The first-order valence-electron chi connectivity index (χ1n) is 9.37. The van der Waals surface area contributed by atoms with Crippen LogP contribution in [0.3, 0.4) is 0 Å². The molecule has 10 nitrogen and oxygen atoms in total. The standard InChI is InChI=1S/C20H18N4O6S/c1-2-30-16-9-3-13(4-10-16)20(25)21-19-17-11-31(28,29)12-18(17)22-23(19)14-5-7-15(8-6-14)24(26)27/h3-10H,2,11-12H2,1H3,(H,21,25). The van der Waals surface area contributed by atoms with Crippen molar-refractivity contribution in [2.75, 3.05) is 11.9 Å². The van der Waals surface area contributed by atoms with Gasteiger partial charge in [0.15, 0.2) is 9.84 Å². The van der Waals surface area contributed by atoms with E-state index >= 15 is 0 Å². The van der Waals surface area contributed by atoms with Gasteiger partial charge < -0.3 is 10.1 Å². The average molecular weight is 442 g/mol. The number of anilines is 1. The van der Waals surface area contributed by atoms with E-state index in [1.54, 1.807) is 24.3 Å². The number of benzene rings is 2. The predicted molar refractivity (Wildman–Crippen MR) is 112 cm³/mol. The third kappa shape index (κ3) is 4.12. The Morgan fingerprint density at radius 2 is 1.84 bits per heavy atom. The van der Waals surface area contributed by atoms with E-state index in [1.807, 2.05) is 6.92 Å². The summed E-state index contributed by atoms with van der Waals surface area (Å²) < 4.78 is 30.9. The summed E-state index contributed by atoms with van der Waals surface area (Å²) in [6.45, 7) is 2.36. The van der Waals surface area contributed by atoms with Crippen LogP contribution in [0.1, 0.15) is 28.5 Å². The summed E-state index contributed by atoms with van der Waals surface area (Å²) in [6, 6.07) is 12.1. The molecule has 11 heteroatoms. The number of nitro benzene ring substituents is 1. The SMILES string of the molecule is CCOc1ccc(C(=O)Nc2c3c(nn2-c2ccc([N+](=O)[O-])cc2)CS(=O)(=O)C3)cc1. The van der Waals surface area contributed by atoms with Gasteiger partial charge in [0.2, 0.25) is 0 Å². The van der Waals surface area contributed by atoms with E-state index in [-0.39, 0.29) is 23.0 Å². The molecule has 0 fully saturated rings. The minimum Gasteiger partial charge on any atom is -0.494 e. The van der Waals surface area contributed by atoms with Crippen LogP contribution in [0.2, 0.25) is 0 Å². The van der Waals surface area contributed by atoms with E-state index in [9.17, 15) is 23.3 Å². The van der Waals surface area contributed by atoms with Crippen LogP contribution >= 0.6 is 0 Å². The van der Waals surface area contributed by atoms with Crippen LogP contribution in [0.25, 0.3) is 5.69 Å². The zero-order valence-corrected chi connectivity index (χ0v) is 17.3. The zero-order chi connectivity index (χ0) is 22.2. The number of rotatable bonds is 6. The van der Waals surface area contributed by atoms with Crippen LogP contribution < -0.4 is 10.1 Å². The van der Waals surface area contributed by atoms with Crippen LogP contribution in [-0.2, 0) is 21.3 Å². The number of nitro groups is 1.